The molecule has 0 aliphatic heterocycles. The number of carbonyl (C=O) groups is 1. The molecule has 0 bridgehead atoms. The SMILES string of the molecule is O=C(NCC1CCCC1CO)C1(c2ccc(Br)cc2)CC1. The summed E-state index contributed by atoms with van der Waals surface area (Å²) < 4.78 is 1.04. The van der Waals surface area contributed by atoms with E-state index in [1.807, 2.05) is 24.3 Å². The lowest BCUT2D eigenvalue weighted by Crippen LogP contribution is -2.38. The van der Waals surface area contributed by atoms with Crippen LogP contribution in [-0.4, -0.2) is 24.2 Å². The van der Waals surface area contributed by atoms with E-state index in [-0.39, 0.29) is 17.9 Å². The van der Waals surface area contributed by atoms with Gasteiger partial charge >= 0.3 is 0 Å². The first-order valence-corrected chi connectivity index (χ1v) is 8.60. The molecule has 2 fully saturated rings. The first-order valence-electron chi connectivity index (χ1n) is 7.81. The van der Waals surface area contributed by atoms with Crippen LogP contribution in [0.1, 0.15) is 37.7 Å². The van der Waals surface area contributed by atoms with Gasteiger partial charge < -0.3 is 10.4 Å². The van der Waals surface area contributed by atoms with Crippen molar-refractivity contribution in [2.24, 2.45) is 11.8 Å². The number of aliphatic hydroxyl groups is 1. The lowest BCUT2D eigenvalue weighted by atomic mass is 9.93. The minimum Gasteiger partial charge on any atom is -0.396 e. The van der Waals surface area contributed by atoms with Gasteiger partial charge in [-0.15, -0.1) is 0 Å². The maximum atomic E-state index is 12.6. The zero-order valence-corrected chi connectivity index (χ0v) is 13.7. The molecule has 1 aromatic rings. The summed E-state index contributed by atoms with van der Waals surface area (Å²) in [6.07, 6.45) is 5.26. The van der Waals surface area contributed by atoms with Gasteiger partial charge in [0, 0.05) is 17.6 Å². The fraction of sp³-hybridized carbons (Fsp3) is 0.588. The number of rotatable bonds is 5. The second-order valence-electron chi connectivity index (χ2n) is 6.43. The van der Waals surface area contributed by atoms with Crippen LogP contribution in [0.5, 0.6) is 0 Å². The Labute approximate surface area is 134 Å². The van der Waals surface area contributed by atoms with E-state index < -0.39 is 0 Å². The van der Waals surface area contributed by atoms with E-state index >= 15 is 0 Å². The van der Waals surface area contributed by atoms with E-state index in [2.05, 4.69) is 21.2 Å². The fourth-order valence-corrected chi connectivity index (χ4v) is 3.82. The smallest absolute Gasteiger partial charge is 0.230 e. The van der Waals surface area contributed by atoms with Gasteiger partial charge in [-0.3, -0.25) is 4.79 Å². The van der Waals surface area contributed by atoms with Crippen molar-refractivity contribution in [1.82, 2.24) is 5.32 Å². The Hall–Kier alpha value is -0.870. The number of halogens is 1. The molecule has 0 aromatic heterocycles. The highest BCUT2D eigenvalue weighted by molar-refractivity contribution is 9.10. The summed E-state index contributed by atoms with van der Waals surface area (Å²) in [6, 6.07) is 8.09. The van der Waals surface area contributed by atoms with E-state index in [0.717, 1.165) is 35.7 Å². The average molecular weight is 352 g/mol. The van der Waals surface area contributed by atoms with Crippen molar-refractivity contribution >= 4 is 21.8 Å². The zero-order chi connectivity index (χ0) is 14.9. The van der Waals surface area contributed by atoms with Crippen LogP contribution in [0.2, 0.25) is 0 Å². The highest BCUT2D eigenvalue weighted by atomic mass is 79.9. The van der Waals surface area contributed by atoms with Crippen molar-refractivity contribution in [1.29, 1.82) is 0 Å². The zero-order valence-electron chi connectivity index (χ0n) is 12.1. The van der Waals surface area contributed by atoms with Gasteiger partial charge in [-0.2, -0.15) is 0 Å². The third-order valence-electron chi connectivity index (χ3n) is 5.16. The summed E-state index contributed by atoms with van der Waals surface area (Å²) >= 11 is 3.44. The van der Waals surface area contributed by atoms with E-state index in [0.29, 0.717) is 18.4 Å². The van der Waals surface area contributed by atoms with E-state index in [4.69, 9.17) is 0 Å². The quantitative estimate of drug-likeness (QED) is 0.856. The topological polar surface area (TPSA) is 49.3 Å². The molecule has 114 valence electrons. The molecule has 0 saturated heterocycles. The Kier molecular flexibility index (Phi) is 4.36. The molecule has 1 amide bonds. The van der Waals surface area contributed by atoms with Crippen LogP contribution >= 0.6 is 15.9 Å². The van der Waals surface area contributed by atoms with Crippen LogP contribution in [0.4, 0.5) is 0 Å². The summed E-state index contributed by atoms with van der Waals surface area (Å²) in [5, 5.41) is 12.5. The minimum absolute atomic E-state index is 0.161. The Morgan fingerprint density at radius 1 is 1.24 bits per heavy atom. The normalized spacial score (nSPS) is 26.6. The predicted molar refractivity (Wildman–Crippen MR) is 86.0 cm³/mol. The highest BCUT2D eigenvalue weighted by Crippen LogP contribution is 2.48. The van der Waals surface area contributed by atoms with Crippen molar-refractivity contribution in [3.05, 3.63) is 34.3 Å². The van der Waals surface area contributed by atoms with Crippen LogP contribution in [-0.2, 0) is 10.2 Å². The maximum absolute atomic E-state index is 12.6. The molecule has 2 unspecified atom stereocenters. The molecule has 0 spiro atoms. The van der Waals surface area contributed by atoms with Crippen LogP contribution in [0, 0.1) is 11.8 Å². The van der Waals surface area contributed by atoms with Crippen LogP contribution in [0.15, 0.2) is 28.7 Å². The average Bonchev–Trinajstić information content (AvgIpc) is 3.18. The molecule has 21 heavy (non-hydrogen) atoms. The van der Waals surface area contributed by atoms with Gasteiger partial charge in [-0.05, 0) is 55.2 Å². The van der Waals surface area contributed by atoms with Crippen molar-refractivity contribution in [2.75, 3.05) is 13.2 Å². The van der Waals surface area contributed by atoms with Crippen molar-refractivity contribution in [2.45, 2.75) is 37.5 Å². The first kappa shape index (κ1) is 15.0. The molecule has 2 atom stereocenters. The second-order valence-corrected chi connectivity index (χ2v) is 7.35. The van der Waals surface area contributed by atoms with E-state index in [1.165, 1.54) is 6.42 Å². The standard InChI is InChI=1S/C17H22BrNO2/c18-15-6-4-14(5-7-15)17(8-9-17)16(21)19-10-12-2-1-3-13(12)11-20/h4-7,12-13,20H,1-3,8-11H2,(H,19,21). The monoisotopic (exact) mass is 351 g/mol. The van der Waals surface area contributed by atoms with Crippen molar-refractivity contribution in [3.63, 3.8) is 0 Å². The number of hydrogen-bond acceptors (Lipinski definition) is 2. The third kappa shape index (κ3) is 3.02. The third-order valence-corrected chi connectivity index (χ3v) is 5.69. The Morgan fingerprint density at radius 3 is 2.52 bits per heavy atom. The van der Waals surface area contributed by atoms with Crippen LogP contribution in [0.3, 0.4) is 0 Å². The predicted octanol–water partition coefficient (Wildman–Crippen LogP) is 3.01. The van der Waals surface area contributed by atoms with Gasteiger partial charge in [-0.25, -0.2) is 0 Å². The minimum atomic E-state index is -0.298. The Bertz CT molecular complexity index is 510. The van der Waals surface area contributed by atoms with Gasteiger partial charge in [0.1, 0.15) is 0 Å². The molecular weight excluding hydrogens is 330 g/mol. The summed E-state index contributed by atoms with van der Waals surface area (Å²) in [5.41, 5.74) is 0.821. The molecule has 0 heterocycles. The largest absolute Gasteiger partial charge is 0.396 e. The second kappa shape index (κ2) is 6.09. The molecule has 2 saturated carbocycles. The van der Waals surface area contributed by atoms with Crippen molar-refractivity contribution in [3.8, 4) is 0 Å². The molecule has 2 aliphatic carbocycles. The Morgan fingerprint density at radius 2 is 1.90 bits per heavy atom. The van der Waals surface area contributed by atoms with Gasteiger partial charge in [0.25, 0.3) is 0 Å². The van der Waals surface area contributed by atoms with Gasteiger partial charge in [0.2, 0.25) is 5.91 Å². The number of carbonyl (C=O) groups excluding carboxylic acids is 1. The molecule has 2 aliphatic rings. The van der Waals surface area contributed by atoms with Gasteiger partial charge in [0.05, 0.1) is 5.41 Å². The molecule has 0 radical (unpaired) electrons. The summed E-state index contributed by atoms with van der Waals surface area (Å²) in [7, 11) is 0. The molecule has 4 heteroatoms. The lowest BCUT2D eigenvalue weighted by molar-refractivity contribution is -0.123. The van der Waals surface area contributed by atoms with Crippen molar-refractivity contribution < 1.29 is 9.90 Å². The molecule has 2 N–H and O–H groups in total. The molecule has 3 rings (SSSR count). The number of aliphatic hydroxyl groups excluding tert-OH is 1. The lowest BCUT2D eigenvalue weighted by Gasteiger charge is -2.21. The van der Waals surface area contributed by atoms with E-state index in [1.54, 1.807) is 0 Å². The first-order chi connectivity index (χ1) is 10.2. The Balaban J connectivity index is 1.61. The maximum Gasteiger partial charge on any atom is 0.230 e. The highest BCUT2D eigenvalue weighted by Gasteiger charge is 2.51. The summed E-state index contributed by atoms with van der Waals surface area (Å²) in [4.78, 5) is 12.6. The summed E-state index contributed by atoms with van der Waals surface area (Å²) in [6.45, 7) is 0.959. The fourth-order valence-electron chi connectivity index (χ4n) is 3.56. The van der Waals surface area contributed by atoms with E-state index in [9.17, 15) is 9.90 Å². The number of nitrogens with one attached hydrogen (secondary N) is 1. The van der Waals surface area contributed by atoms with Crippen LogP contribution in [0.25, 0.3) is 0 Å². The number of hydrogen-bond donors (Lipinski definition) is 2. The van der Waals surface area contributed by atoms with Crippen LogP contribution < -0.4 is 5.32 Å². The molecule has 3 nitrogen and oxygen atoms in total. The number of amides is 1. The van der Waals surface area contributed by atoms with Gasteiger partial charge in [0.15, 0.2) is 0 Å². The molecular formula is C17H22BrNO2. The number of benzene rings is 1. The molecule has 1 aromatic carbocycles. The van der Waals surface area contributed by atoms with Gasteiger partial charge in [-0.1, -0.05) is 34.5 Å². The summed E-state index contributed by atoms with van der Waals surface area (Å²) in [5.74, 6) is 0.973.